The van der Waals surface area contributed by atoms with Gasteiger partial charge in [0, 0.05) is 15.8 Å². The molecule has 3 aromatic rings. The minimum atomic E-state index is -0.879. The molecular weight excluding hydrogens is 500 g/mol. The van der Waals surface area contributed by atoms with E-state index in [1.807, 2.05) is 44.2 Å². The van der Waals surface area contributed by atoms with Crippen molar-refractivity contribution in [3.63, 3.8) is 0 Å². The largest absolute Gasteiger partial charge is 0.484 e. The molecule has 8 nitrogen and oxygen atoms in total. The minimum Gasteiger partial charge on any atom is -0.484 e. The van der Waals surface area contributed by atoms with Gasteiger partial charge in [0.05, 0.1) is 6.21 Å². The van der Waals surface area contributed by atoms with E-state index in [0.29, 0.717) is 22.7 Å². The summed E-state index contributed by atoms with van der Waals surface area (Å²) in [6.07, 6.45) is 1.40. The number of nitrogens with one attached hydrogen (secondary N) is 3. The Balaban J connectivity index is 1.45. The van der Waals surface area contributed by atoms with E-state index >= 15 is 0 Å². The van der Waals surface area contributed by atoms with Crippen LogP contribution in [0.5, 0.6) is 5.75 Å². The molecule has 0 radical (unpaired) electrons. The van der Waals surface area contributed by atoms with Crippen molar-refractivity contribution in [3.8, 4) is 5.75 Å². The molecule has 0 aliphatic carbocycles. The first-order chi connectivity index (χ1) is 16.3. The third-order valence-corrected chi connectivity index (χ3v) is 5.21. The summed E-state index contributed by atoms with van der Waals surface area (Å²) in [6.45, 7) is 3.55. The quantitative estimate of drug-likeness (QED) is 0.245. The standard InChI is InChI=1S/C25H23BrN4O4/c1-16-4-3-5-17(2)23(16)29-24(32)25(33)30-27-14-18-6-12-21(13-7-18)34-15-22(31)28-20-10-8-19(26)9-11-20/h3-14H,15H2,1-2H3,(H,28,31)(H,29,32)(H,30,33)/b27-14-. The second kappa shape index (κ2) is 11.8. The molecule has 0 atom stereocenters. The molecule has 0 unspecified atom stereocenters. The number of carbonyl (C=O) groups excluding carboxylic acids is 3. The number of para-hydroxylation sites is 1. The summed E-state index contributed by atoms with van der Waals surface area (Å²) in [5.74, 6) is -1.47. The summed E-state index contributed by atoms with van der Waals surface area (Å²) in [4.78, 5) is 36.1. The van der Waals surface area contributed by atoms with Crippen molar-refractivity contribution in [2.75, 3.05) is 17.2 Å². The number of ether oxygens (including phenoxy) is 1. The van der Waals surface area contributed by atoms with E-state index in [0.717, 1.165) is 15.6 Å². The first-order valence-corrected chi connectivity index (χ1v) is 11.1. The van der Waals surface area contributed by atoms with E-state index in [9.17, 15) is 14.4 Å². The smallest absolute Gasteiger partial charge is 0.329 e. The maximum atomic E-state index is 12.1. The van der Waals surface area contributed by atoms with Gasteiger partial charge in [-0.25, -0.2) is 5.43 Å². The Morgan fingerprint density at radius 2 is 1.53 bits per heavy atom. The third kappa shape index (κ3) is 7.28. The van der Waals surface area contributed by atoms with E-state index in [1.54, 1.807) is 36.4 Å². The second-order valence-corrected chi connectivity index (χ2v) is 8.25. The molecule has 0 fully saturated rings. The Morgan fingerprint density at radius 3 is 2.18 bits per heavy atom. The molecule has 3 N–H and O–H groups in total. The van der Waals surface area contributed by atoms with Crippen LogP contribution in [-0.4, -0.2) is 30.5 Å². The SMILES string of the molecule is Cc1cccc(C)c1NC(=O)C(=O)N/N=C\c1ccc(OCC(=O)Nc2ccc(Br)cc2)cc1. The summed E-state index contributed by atoms with van der Waals surface area (Å²) in [6, 6.07) is 19.5. The average molecular weight is 523 g/mol. The molecule has 0 heterocycles. The fourth-order valence-corrected chi connectivity index (χ4v) is 3.19. The van der Waals surface area contributed by atoms with Crippen LogP contribution in [0.25, 0.3) is 0 Å². The number of aryl methyl sites for hydroxylation is 2. The highest BCUT2D eigenvalue weighted by atomic mass is 79.9. The fraction of sp³-hybridized carbons (Fsp3) is 0.120. The van der Waals surface area contributed by atoms with Crippen molar-refractivity contribution >= 4 is 51.2 Å². The Hall–Kier alpha value is -3.98. The van der Waals surface area contributed by atoms with Crippen molar-refractivity contribution in [3.05, 3.63) is 87.9 Å². The van der Waals surface area contributed by atoms with Gasteiger partial charge in [-0.15, -0.1) is 0 Å². The van der Waals surface area contributed by atoms with Gasteiger partial charge in [-0.2, -0.15) is 5.10 Å². The molecule has 174 valence electrons. The number of rotatable bonds is 7. The van der Waals surface area contributed by atoms with Gasteiger partial charge < -0.3 is 15.4 Å². The molecule has 9 heteroatoms. The first-order valence-electron chi connectivity index (χ1n) is 10.3. The number of hydrogen-bond acceptors (Lipinski definition) is 5. The van der Waals surface area contributed by atoms with Crippen LogP contribution in [0.1, 0.15) is 16.7 Å². The third-order valence-electron chi connectivity index (χ3n) is 4.68. The first kappa shape index (κ1) is 24.7. The van der Waals surface area contributed by atoms with Gasteiger partial charge in [0.2, 0.25) is 0 Å². The van der Waals surface area contributed by atoms with Crippen LogP contribution >= 0.6 is 15.9 Å². The molecule has 0 bridgehead atoms. The predicted octanol–water partition coefficient (Wildman–Crippen LogP) is 4.17. The summed E-state index contributed by atoms with van der Waals surface area (Å²) < 4.78 is 6.40. The van der Waals surface area contributed by atoms with E-state index in [-0.39, 0.29) is 12.5 Å². The lowest BCUT2D eigenvalue weighted by Gasteiger charge is -2.10. The Labute approximate surface area is 205 Å². The van der Waals surface area contributed by atoms with Crippen molar-refractivity contribution in [1.82, 2.24) is 5.43 Å². The number of benzene rings is 3. The number of halogens is 1. The average Bonchev–Trinajstić information content (AvgIpc) is 2.82. The molecule has 3 rings (SSSR count). The monoisotopic (exact) mass is 522 g/mol. The van der Waals surface area contributed by atoms with Gasteiger partial charge >= 0.3 is 11.8 Å². The molecule has 0 spiro atoms. The van der Waals surface area contributed by atoms with Crippen LogP contribution in [0.4, 0.5) is 11.4 Å². The van der Waals surface area contributed by atoms with Crippen LogP contribution in [0.3, 0.4) is 0 Å². The number of hydrazone groups is 1. The van der Waals surface area contributed by atoms with Gasteiger partial charge in [0.15, 0.2) is 6.61 Å². The van der Waals surface area contributed by atoms with Crippen LogP contribution in [0.15, 0.2) is 76.3 Å². The maximum Gasteiger partial charge on any atom is 0.329 e. The maximum absolute atomic E-state index is 12.1. The lowest BCUT2D eigenvalue weighted by Crippen LogP contribution is -2.32. The van der Waals surface area contributed by atoms with Crippen LogP contribution in [-0.2, 0) is 14.4 Å². The molecule has 0 saturated heterocycles. The highest BCUT2D eigenvalue weighted by Gasteiger charge is 2.15. The number of nitrogens with zero attached hydrogens (tertiary/aromatic N) is 1. The zero-order chi connectivity index (χ0) is 24.5. The fourth-order valence-electron chi connectivity index (χ4n) is 2.93. The second-order valence-electron chi connectivity index (χ2n) is 7.33. The summed E-state index contributed by atoms with van der Waals surface area (Å²) in [5, 5.41) is 9.15. The van der Waals surface area contributed by atoms with Gasteiger partial charge in [-0.05, 0) is 79.1 Å². The number of amides is 3. The van der Waals surface area contributed by atoms with Gasteiger partial charge in [0.1, 0.15) is 5.75 Å². The highest BCUT2D eigenvalue weighted by Crippen LogP contribution is 2.19. The highest BCUT2D eigenvalue weighted by molar-refractivity contribution is 9.10. The van der Waals surface area contributed by atoms with Gasteiger partial charge in [0.25, 0.3) is 5.91 Å². The van der Waals surface area contributed by atoms with Crippen LogP contribution < -0.4 is 20.8 Å². The molecule has 0 aliphatic heterocycles. The zero-order valence-electron chi connectivity index (χ0n) is 18.6. The van der Waals surface area contributed by atoms with Gasteiger partial charge in [-0.1, -0.05) is 34.1 Å². The molecule has 34 heavy (non-hydrogen) atoms. The lowest BCUT2D eigenvalue weighted by molar-refractivity contribution is -0.136. The van der Waals surface area contributed by atoms with Crippen LogP contribution in [0.2, 0.25) is 0 Å². The van der Waals surface area contributed by atoms with E-state index < -0.39 is 11.8 Å². The van der Waals surface area contributed by atoms with Crippen LogP contribution in [0, 0.1) is 13.8 Å². The Bertz CT molecular complexity index is 1190. The van der Waals surface area contributed by atoms with Crippen molar-refractivity contribution in [2.45, 2.75) is 13.8 Å². The van der Waals surface area contributed by atoms with Crippen molar-refractivity contribution in [2.24, 2.45) is 5.10 Å². The lowest BCUT2D eigenvalue weighted by atomic mass is 10.1. The van der Waals surface area contributed by atoms with E-state index in [2.05, 4.69) is 37.1 Å². The topological polar surface area (TPSA) is 109 Å². The molecule has 0 aliphatic rings. The predicted molar refractivity (Wildman–Crippen MR) is 135 cm³/mol. The number of anilines is 2. The molecular formula is C25H23BrN4O4. The zero-order valence-corrected chi connectivity index (χ0v) is 20.2. The Morgan fingerprint density at radius 1 is 0.882 bits per heavy atom. The number of carbonyl (C=O) groups is 3. The number of hydrogen-bond donors (Lipinski definition) is 3. The minimum absolute atomic E-state index is 0.144. The molecule has 0 saturated carbocycles. The van der Waals surface area contributed by atoms with E-state index in [4.69, 9.17) is 4.74 Å². The van der Waals surface area contributed by atoms with E-state index in [1.165, 1.54) is 6.21 Å². The Kier molecular flexibility index (Phi) is 8.53. The normalized spacial score (nSPS) is 10.6. The summed E-state index contributed by atoms with van der Waals surface area (Å²) in [5.41, 5.74) is 5.87. The van der Waals surface area contributed by atoms with Gasteiger partial charge in [-0.3, -0.25) is 14.4 Å². The van der Waals surface area contributed by atoms with Crippen molar-refractivity contribution < 1.29 is 19.1 Å². The summed E-state index contributed by atoms with van der Waals surface area (Å²) in [7, 11) is 0. The summed E-state index contributed by atoms with van der Waals surface area (Å²) >= 11 is 3.34. The molecule has 0 aromatic heterocycles. The molecule has 3 aromatic carbocycles. The van der Waals surface area contributed by atoms with Crippen molar-refractivity contribution in [1.29, 1.82) is 0 Å². The molecule has 3 amide bonds.